The largest absolute Gasteiger partial charge is 0.497 e. The Bertz CT molecular complexity index is 890. The van der Waals surface area contributed by atoms with E-state index >= 15 is 0 Å². The topological polar surface area (TPSA) is 78.3 Å². The Balaban J connectivity index is 1.53. The fourth-order valence-corrected chi connectivity index (χ4v) is 2.60. The fraction of sp³-hybridized carbons (Fsp3) is 0.250. The van der Waals surface area contributed by atoms with Gasteiger partial charge in [-0.15, -0.1) is 0 Å². The number of carbonyl (C=O) groups is 1. The van der Waals surface area contributed by atoms with Crippen molar-refractivity contribution in [3.8, 4) is 17.4 Å². The summed E-state index contributed by atoms with van der Waals surface area (Å²) < 4.78 is 12.8. The van der Waals surface area contributed by atoms with Crippen molar-refractivity contribution in [3.63, 3.8) is 0 Å². The van der Waals surface area contributed by atoms with Gasteiger partial charge in [0.05, 0.1) is 19.0 Å². The zero-order valence-electron chi connectivity index (χ0n) is 15.4. The number of pyridine rings is 1. The number of imidazole rings is 1. The van der Waals surface area contributed by atoms with Crippen LogP contribution in [-0.2, 0) is 17.8 Å². The lowest BCUT2D eigenvalue weighted by atomic mass is 10.3. The average molecular weight is 366 g/mol. The third-order valence-corrected chi connectivity index (χ3v) is 3.98. The Hall–Kier alpha value is -3.35. The van der Waals surface area contributed by atoms with E-state index in [2.05, 4.69) is 15.3 Å². The van der Waals surface area contributed by atoms with E-state index in [4.69, 9.17) is 9.47 Å². The highest BCUT2D eigenvalue weighted by Crippen LogP contribution is 2.24. The Labute approximate surface area is 158 Å². The van der Waals surface area contributed by atoms with Crippen LogP contribution in [0.2, 0.25) is 0 Å². The maximum atomic E-state index is 12.1. The van der Waals surface area contributed by atoms with Crippen LogP contribution in [0.5, 0.6) is 17.4 Å². The number of aryl methyl sites for hydroxylation is 2. The van der Waals surface area contributed by atoms with Crippen molar-refractivity contribution >= 4 is 11.6 Å². The smallest absolute Gasteiger partial charge is 0.226 e. The SMILES string of the molecule is CCc1nccn1CCC(=O)Nc1ccc(Oc2cccc(OC)c2)nc1. The molecule has 140 valence electrons. The molecule has 0 aliphatic heterocycles. The van der Waals surface area contributed by atoms with Crippen LogP contribution in [0.3, 0.4) is 0 Å². The minimum Gasteiger partial charge on any atom is -0.497 e. The maximum Gasteiger partial charge on any atom is 0.226 e. The molecule has 3 rings (SSSR count). The van der Waals surface area contributed by atoms with Gasteiger partial charge in [-0.3, -0.25) is 4.79 Å². The zero-order valence-corrected chi connectivity index (χ0v) is 15.4. The summed E-state index contributed by atoms with van der Waals surface area (Å²) >= 11 is 0. The van der Waals surface area contributed by atoms with Crippen molar-refractivity contribution < 1.29 is 14.3 Å². The van der Waals surface area contributed by atoms with E-state index in [-0.39, 0.29) is 5.91 Å². The van der Waals surface area contributed by atoms with Crippen LogP contribution < -0.4 is 14.8 Å². The number of aromatic nitrogens is 3. The Morgan fingerprint density at radius 2 is 2.04 bits per heavy atom. The Kier molecular flexibility index (Phi) is 6.04. The molecule has 0 radical (unpaired) electrons. The first-order chi connectivity index (χ1) is 13.2. The van der Waals surface area contributed by atoms with Crippen LogP contribution in [0.1, 0.15) is 19.2 Å². The molecule has 3 aromatic rings. The standard InChI is InChI=1S/C20H22N4O3/c1-3-18-21-10-12-24(18)11-9-19(25)23-15-7-8-20(22-14-15)27-17-6-4-5-16(13-17)26-2/h4-8,10,12-14H,3,9,11H2,1-2H3,(H,23,25). The average Bonchev–Trinajstić information content (AvgIpc) is 3.16. The number of nitrogens with one attached hydrogen (secondary N) is 1. The number of ether oxygens (including phenoxy) is 2. The summed E-state index contributed by atoms with van der Waals surface area (Å²) in [5, 5.41) is 2.84. The second-order valence-electron chi connectivity index (χ2n) is 5.85. The molecule has 0 unspecified atom stereocenters. The van der Waals surface area contributed by atoms with E-state index in [1.807, 2.05) is 35.9 Å². The lowest BCUT2D eigenvalue weighted by Crippen LogP contribution is -2.15. The van der Waals surface area contributed by atoms with Crippen molar-refractivity contribution in [2.24, 2.45) is 0 Å². The molecule has 2 heterocycles. The zero-order chi connectivity index (χ0) is 19.1. The normalized spacial score (nSPS) is 10.4. The van der Waals surface area contributed by atoms with Crippen molar-refractivity contribution in [2.75, 3.05) is 12.4 Å². The number of rotatable bonds is 8. The van der Waals surface area contributed by atoms with Gasteiger partial charge in [0.25, 0.3) is 0 Å². The summed E-state index contributed by atoms with van der Waals surface area (Å²) in [6.07, 6.45) is 6.42. The van der Waals surface area contributed by atoms with E-state index < -0.39 is 0 Å². The summed E-state index contributed by atoms with van der Waals surface area (Å²) in [7, 11) is 1.60. The van der Waals surface area contributed by atoms with Gasteiger partial charge in [-0.2, -0.15) is 0 Å². The first-order valence-electron chi connectivity index (χ1n) is 8.75. The van der Waals surface area contributed by atoms with Crippen LogP contribution in [-0.4, -0.2) is 27.6 Å². The fourth-order valence-electron chi connectivity index (χ4n) is 2.60. The van der Waals surface area contributed by atoms with Gasteiger partial charge in [0.15, 0.2) is 0 Å². The Morgan fingerprint density at radius 1 is 1.19 bits per heavy atom. The van der Waals surface area contributed by atoms with Gasteiger partial charge in [0.1, 0.15) is 17.3 Å². The maximum absolute atomic E-state index is 12.1. The molecule has 1 aromatic carbocycles. The van der Waals surface area contributed by atoms with Gasteiger partial charge in [-0.05, 0) is 18.2 Å². The third-order valence-electron chi connectivity index (χ3n) is 3.98. The molecule has 27 heavy (non-hydrogen) atoms. The summed E-state index contributed by atoms with van der Waals surface area (Å²) in [5.74, 6) is 2.68. The molecule has 2 aromatic heterocycles. The second kappa shape index (κ2) is 8.84. The first kappa shape index (κ1) is 18.4. The van der Waals surface area contributed by atoms with Crippen LogP contribution in [0.25, 0.3) is 0 Å². The molecule has 1 N–H and O–H groups in total. The molecule has 0 aliphatic rings. The molecular formula is C20H22N4O3. The number of carbonyl (C=O) groups excluding carboxylic acids is 1. The Morgan fingerprint density at radius 3 is 2.78 bits per heavy atom. The molecule has 0 bridgehead atoms. The van der Waals surface area contributed by atoms with Gasteiger partial charge < -0.3 is 19.4 Å². The highest BCUT2D eigenvalue weighted by molar-refractivity contribution is 5.90. The predicted molar refractivity (Wildman–Crippen MR) is 102 cm³/mol. The highest BCUT2D eigenvalue weighted by atomic mass is 16.5. The number of methoxy groups -OCH3 is 1. The monoisotopic (exact) mass is 366 g/mol. The molecule has 0 aliphatic carbocycles. The summed E-state index contributed by atoms with van der Waals surface area (Å²) in [6, 6.07) is 10.7. The van der Waals surface area contributed by atoms with Crippen LogP contribution >= 0.6 is 0 Å². The van der Waals surface area contributed by atoms with Gasteiger partial charge in [0, 0.05) is 43.9 Å². The van der Waals surface area contributed by atoms with Gasteiger partial charge >= 0.3 is 0 Å². The van der Waals surface area contributed by atoms with Crippen molar-refractivity contribution in [3.05, 3.63) is 60.8 Å². The quantitative estimate of drug-likeness (QED) is 0.658. The van der Waals surface area contributed by atoms with Crippen molar-refractivity contribution in [1.29, 1.82) is 0 Å². The van der Waals surface area contributed by atoms with Crippen LogP contribution in [0.4, 0.5) is 5.69 Å². The first-order valence-corrected chi connectivity index (χ1v) is 8.75. The van der Waals surface area contributed by atoms with E-state index in [1.165, 1.54) is 0 Å². The molecule has 7 nitrogen and oxygen atoms in total. The van der Waals surface area contributed by atoms with E-state index in [0.29, 0.717) is 36.0 Å². The summed E-state index contributed by atoms with van der Waals surface area (Å²) in [4.78, 5) is 20.6. The number of hydrogen-bond acceptors (Lipinski definition) is 5. The number of benzene rings is 1. The predicted octanol–water partition coefficient (Wildman–Crippen LogP) is 3.67. The minimum atomic E-state index is -0.0750. The number of amides is 1. The van der Waals surface area contributed by atoms with E-state index in [0.717, 1.165) is 12.2 Å². The molecule has 0 atom stereocenters. The molecular weight excluding hydrogens is 344 g/mol. The summed E-state index contributed by atoms with van der Waals surface area (Å²) in [6.45, 7) is 2.64. The summed E-state index contributed by atoms with van der Waals surface area (Å²) in [5.41, 5.74) is 0.624. The van der Waals surface area contributed by atoms with Crippen LogP contribution in [0.15, 0.2) is 55.0 Å². The molecule has 0 saturated heterocycles. The number of anilines is 1. The minimum absolute atomic E-state index is 0.0750. The number of nitrogens with zero attached hydrogens (tertiary/aromatic N) is 3. The molecule has 0 fully saturated rings. The molecule has 0 spiro atoms. The third kappa shape index (κ3) is 5.07. The van der Waals surface area contributed by atoms with Crippen molar-refractivity contribution in [1.82, 2.24) is 14.5 Å². The molecule has 0 saturated carbocycles. The molecule has 7 heteroatoms. The van der Waals surface area contributed by atoms with Gasteiger partial charge in [-0.1, -0.05) is 13.0 Å². The lowest BCUT2D eigenvalue weighted by molar-refractivity contribution is -0.116. The van der Waals surface area contributed by atoms with Gasteiger partial charge in [-0.25, -0.2) is 9.97 Å². The second-order valence-corrected chi connectivity index (χ2v) is 5.85. The number of hydrogen-bond donors (Lipinski definition) is 1. The highest BCUT2D eigenvalue weighted by Gasteiger charge is 2.07. The lowest BCUT2D eigenvalue weighted by Gasteiger charge is -2.09. The van der Waals surface area contributed by atoms with Gasteiger partial charge in [0.2, 0.25) is 11.8 Å². The van der Waals surface area contributed by atoms with Crippen LogP contribution in [0, 0.1) is 0 Å². The van der Waals surface area contributed by atoms with E-state index in [9.17, 15) is 4.79 Å². The molecule has 1 amide bonds. The van der Waals surface area contributed by atoms with Crippen molar-refractivity contribution in [2.45, 2.75) is 26.3 Å². The van der Waals surface area contributed by atoms with E-state index in [1.54, 1.807) is 37.7 Å².